The summed E-state index contributed by atoms with van der Waals surface area (Å²) in [6, 6.07) is 12.5. The van der Waals surface area contributed by atoms with Crippen LogP contribution < -0.4 is 19.8 Å². The molecule has 1 aliphatic heterocycles. The zero-order valence-corrected chi connectivity index (χ0v) is 16.2. The largest absolute Gasteiger partial charge is 0.486 e. The lowest BCUT2D eigenvalue weighted by Crippen LogP contribution is -2.41. The van der Waals surface area contributed by atoms with E-state index in [4.69, 9.17) is 13.9 Å². The van der Waals surface area contributed by atoms with Gasteiger partial charge in [-0.3, -0.25) is 0 Å². The van der Waals surface area contributed by atoms with Crippen molar-refractivity contribution in [2.75, 3.05) is 13.2 Å². The number of sulfonamides is 1. The molecule has 0 saturated heterocycles. The predicted molar refractivity (Wildman–Crippen MR) is 103 cm³/mol. The van der Waals surface area contributed by atoms with Gasteiger partial charge in [0.15, 0.2) is 11.5 Å². The highest BCUT2D eigenvalue weighted by Gasteiger charge is 2.29. The van der Waals surface area contributed by atoms with Gasteiger partial charge in [-0.15, -0.1) is 0 Å². The minimum atomic E-state index is -3.83. The van der Waals surface area contributed by atoms with Crippen LogP contribution in [-0.4, -0.2) is 21.6 Å². The van der Waals surface area contributed by atoms with Gasteiger partial charge in [0.2, 0.25) is 10.0 Å². The maximum atomic E-state index is 13.0. The number of hydrogen-bond acceptors (Lipinski definition) is 6. The molecule has 146 valence electrons. The number of benzene rings is 2. The van der Waals surface area contributed by atoms with Crippen molar-refractivity contribution in [3.63, 3.8) is 0 Å². The summed E-state index contributed by atoms with van der Waals surface area (Å²) in [5, 5.41) is 0.527. The summed E-state index contributed by atoms with van der Waals surface area (Å²) in [6.45, 7) is 4.49. The summed E-state index contributed by atoms with van der Waals surface area (Å²) in [4.78, 5) is 11.4. The Morgan fingerprint density at radius 2 is 1.68 bits per heavy atom. The Hall–Kier alpha value is -2.84. The van der Waals surface area contributed by atoms with E-state index in [0.717, 1.165) is 5.56 Å². The van der Waals surface area contributed by atoms with E-state index in [0.29, 0.717) is 35.7 Å². The van der Waals surface area contributed by atoms with E-state index in [9.17, 15) is 13.2 Å². The first-order chi connectivity index (χ1) is 13.2. The molecule has 0 saturated carbocycles. The molecule has 0 radical (unpaired) electrons. The topological polar surface area (TPSA) is 94.8 Å². The van der Waals surface area contributed by atoms with Crippen LogP contribution in [0.1, 0.15) is 19.4 Å². The Balaban J connectivity index is 1.66. The lowest BCUT2D eigenvalue weighted by Gasteiger charge is -2.28. The molecular formula is C20H19NO6S. The molecule has 2 heterocycles. The minimum Gasteiger partial charge on any atom is -0.486 e. The first-order valence-electron chi connectivity index (χ1n) is 8.73. The van der Waals surface area contributed by atoms with Crippen LogP contribution in [-0.2, 0) is 15.6 Å². The minimum absolute atomic E-state index is 0.0828. The summed E-state index contributed by atoms with van der Waals surface area (Å²) in [5.41, 5.74) is -0.307. The number of ether oxygens (including phenoxy) is 2. The van der Waals surface area contributed by atoms with Crippen LogP contribution in [0.4, 0.5) is 0 Å². The van der Waals surface area contributed by atoms with Gasteiger partial charge in [-0.05, 0) is 55.8 Å². The van der Waals surface area contributed by atoms with Crippen LogP contribution in [0.25, 0.3) is 11.0 Å². The molecular weight excluding hydrogens is 382 g/mol. The SMILES string of the molecule is CC(C)(NS(=O)(=O)c1ccc2oc(=O)ccc2c1)c1ccc2c(c1)OCCO2. The standard InChI is InChI=1S/C20H19NO6S/c1-20(2,14-4-6-17-18(12-14)26-10-9-25-17)21-28(23,24)15-5-7-16-13(11-15)3-8-19(22)27-16/h3-8,11-12,21H,9-10H2,1-2H3. The third-order valence-corrected chi connectivity index (χ3v) is 6.21. The fraction of sp³-hybridized carbons (Fsp3) is 0.250. The van der Waals surface area contributed by atoms with Crippen molar-refractivity contribution >= 4 is 21.0 Å². The molecule has 1 aromatic heterocycles. The summed E-state index contributed by atoms with van der Waals surface area (Å²) < 4.78 is 44.8. The summed E-state index contributed by atoms with van der Waals surface area (Å²) in [5.74, 6) is 1.24. The maximum absolute atomic E-state index is 13.0. The molecule has 3 aromatic rings. The average molecular weight is 401 g/mol. The van der Waals surface area contributed by atoms with Crippen LogP contribution in [0.2, 0.25) is 0 Å². The van der Waals surface area contributed by atoms with Crippen LogP contribution in [0.3, 0.4) is 0 Å². The molecule has 0 spiro atoms. The molecule has 2 aromatic carbocycles. The Morgan fingerprint density at radius 1 is 0.929 bits per heavy atom. The van der Waals surface area contributed by atoms with Gasteiger partial charge in [0, 0.05) is 11.5 Å². The molecule has 0 atom stereocenters. The van der Waals surface area contributed by atoms with E-state index < -0.39 is 21.2 Å². The van der Waals surface area contributed by atoms with E-state index in [-0.39, 0.29) is 4.90 Å². The Kier molecular flexibility index (Phi) is 4.40. The molecule has 0 aliphatic carbocycles. The zero-order valence-electron chi connectivity index (χ0n) is 15.4. The molecule has 0 fully saturated rings. The average Bonchev–Trinajstić information content (AvgIpc) is 2.66. The highest BCUT2D eigenvalue weighted by molar-refractivity contribution is 7.89. The highest BCUT2D eigenvalue weighted by Crippen LogP contribution is 2.35. The van der Waals surface area contributed by atoms with E-state index in [1.807, 2.05) is 6.07 Å². The number of fused-ring (bicyclic) bond motifs is 2. The van der Waals surface area contributed by atoms with Gasteiger partial charge < -0.3 is 13.9 Å². The van der Waals surface area contributed by atoms with Gasteiger partial charge in [-0.25, -0.2) is 17.9 Å². The third kappa shape index (κ3) is 3.48. The van der Waals surface area contributed by atoms with Gasteiger partial charge >= 0.3 is 5.63 Å². The second-order valence-corrected chi connectivity index (χ2v) is 8.73. The van der Waals surface area contributed by atoms with Crippen molar-refractivity contribution in [1.29, 1.82) is 0 Å². The first-order valence-corrected chi connectivity index (χ1v) is 10.2. The Morgan fingerprint density at radius 3 is 2.46 bits per heavy atom. The Bertz CT molecular complexity index is 1210. The zero-order chi connectivity index (χ0) is 19.9. The summed E-state index contributed by atoms with van der Waals surface area (Å²) in [6.07, 6.45) is 0. The smallest absolute Gasteiger partial charge is 0.336 e. The molecule has 7 nitrogen and oxygen atoms in total. The fourth-order valence-corrected chi connectivity index (χ4v) is 4.54. The van der Waals surface area contributed by atoms with E-state index in [2.05, 4.69) is 4.72 Å². The number of nitrogens with one attached hydrogen (secondary N) is 1. The molecule has 8 heteroatoms. The van der Waals surface area contributed by atoms with E-state index in [1.54, 1.807) is 26.0 Å². The lowest BCUT2D eigenvalue weighted by molar-refractivity contribution is 0.171. The molecule has 1 aliphatic rings. The predicted octanol–water partition coefficient (Wildman–Crippen LogP) is 2.78. The van der Waals surface area contributed by atoms with Crippen molar-refractivity contribution in [3.8, 4) is 11.5 Å². The lowest BCUT2D eigenvalue weighted by atomic mass is 9.95. The molecule has 0 bridgehead atoms. The van der Waals surface area contributed by atoms with E-state index in [1.165, 1.54) is 30.3 Å². The summed E-state index contributed by atoms with van der Waals surface area (Å²) in [7, 11) is -3.83. The normalized spacial score (nSPS) is 14.2. The van der Waals surface area contributed by atoms with Crippen molar-refractivity contribution in [2.45, 2.75) is 24.3 Å². The molecule has 4 rings (SSSR count). The highest BCUT2D eigenvalue weighted by atomic mass is 32.2. The van der Waals surface area contributed by atoms with Gasteiger partial charge in [-0.2, -0.15) is 0 Å². The van der Waals surface area contributed by atoms with Gasteiger partial charge in [0.05, 0.1) is 10.4 Å². The van der Waals surface area contributed by atoms with Crippen LogP contribution in [0.5, 0.6) is 11.5 Å². The third-order valence-electron chi connectivity index (χ3n) is 4.55. The molecule has 1 N–H and O–H groups in total. The monoisotopic (exact) mass is 401 g/mol. The fourth-order valence-electron chi connectivity index (χ4n) is 3.10. The van der Waals surface area contributed by atoms with Crippen LogP contribution in [0, 0.1) is 0 Å². The summed E-state index contributed by atoms with van der Waals surface area (Å²) >= 11 is 0. The molecule has 0 amide bonds. The van der Waals surface area contributed by atoms with Crippen molar-refractivity contribution in [3.05, 3.63) is 64.5 Å². The maximum Gasteiger partial charge on any atom is 0.336 e. The van der Waals surface area contributed by atoms with Crippen LogP contribution >= 0.6 is 0 Å². The Labute approximate surface area is 161 Å². The van der Waals surface area contributed by atoms with Crippen molar-refractivity contribution in [2.24, 2.45) is 0 Å². The van der Waals surface area contributed by atoms with E-state index >= 15 is 0 Å². The number of hydrogen-bond donors (Lipinski definition) is 1. The second kappa shape index (κ2) is 6.65. The second-order valence-electron chi connectivity index (χ2n) is 7.04. The molecule has 28 heavy (non-hydrogen) atoms. The quantitative estimate of drug-likeness (QED) is 0.676. The van der Waals surface area contributed by atoms with Gasteiger partial charge in [0.25, 0.3) is 0 Å². The van der Waals surface area contributed by atoms with Crippen molar-refractivity contribution < 1.29 is 22.3 Å². The van der Waals surface area contributed by atoms with Gasteiger partial charge in [0.1, 0.15) is 18.8 Å². The van der Waals surface area contributed by atoms with Gasteiger partial charge in [-0.1, -0.05) is 6.07 Å². The molecule has 0 unspecified atom stereocenters. The first kappa shape index (κ1) is 18.5. The van der Waals surface area contributed by atoms with Crippen molar-refractivity contribution in [1.82, 2.24) is 4.72 Å². The van der Waals surface area contributed by atoms with Crippen LogP contribution in [0.15, 0.2) is 62.6 Å². The number of rotatable bonds is 4.